The molecule has 0 aliphatic rings. The summed E-state index contributed by atoms with van der Waals surface area (Å²) in [7, 11) is 0. The Kier molecular flexibility index (Phi) is 4.52. The van der Waals surface area contributed by atoms with E-state index in [1.807, 2.05) is 6.92 Å². The van der Waals surface area contributed by atoms with Crippen LogP contribution < -0.4 is 11.1 Å². The molecule has 128 valence electrons. The molecule has 0 unspecified atom stereocenters. The van der Waals surface area contributed by atoms with Crippen molar-refractivity contribution in [1.29, 1.82) is 0 Å². The number of esters is 1. The van der Waals surface area contributed by atoms with Crippen LogP contribution >= 0.6 is 0 Å². The Hall–Kier alpha value is -3.15. The van der Waals surface area contributed by atoms with Crippen molar-refractivity contribution in [3.8, 4) is 0 Å². The van der Waals surface area contributed by atoms with Crippen molar-refractivity contribution in [1.82, 2.24) is 4.98 Å². The lowest BCUT2D eigenvalue weighted by Crippen LogP contribution is -2.09. The second-order valence-electron chi connectivity index (χ2n) is 5.56. The molecular formula is C19H18FN3O2. The lowest BCUT2D eigenvalue weighted by molar-refractivity contribution is 0.0527. The number of carbonyl (C=O) groups excluding carboxylic acids is 1. The van der Waals surface area contributed by atoms with Gasteiger partial charge < -0.3 is 15.8 Å². The largest absolute Gasteiger partial charge is 0.462 e. The molecule has 0 atom stereocenters. The van der Waals surface area contributed by atoms with E-state index in [-0.39, 0.29) is 23.7 Å². The van der Waals surface area contributed by atoms with Crippen molar-refractivity contribution in [2.45, 2.75) is 13.8 Å². The molecule has 3 N–H and O–H groups in total. The first-order chi connectivity index (χ1) is 12.0. The molecule has 25 heavy (non-hydrogen) atoms. The minimum absolute atomic E-state index is 0.249. The number of nitrogens with two attached hydrogens (primary N) is 1. The maximum absolute atomic E-state index is 14.4. The van der Waals surface area contributed by atoms with Crippen molar-refractivity contribution >= 4 is 33.9 Å². The topological polar surface area (TPSA) is 77.2 Å². The minimum Gasteiger partial charge on any atom is -0.462 e. The average Bonchev–Trinajstić information content (AvgIpc) is 2.60. The zero-order valence-electron chi connectivity index (χ0n) is 14.0. The van der Waals surface area contributed by atoms with Crippen LogP contribution in [0.4, 0.5) is 21.5 Å². The predicted octanol–water partition coefficient (Wildman–Crippen LogP) is 4.18. The molecule has 2 aromatic carbocycles. The van der Waals surface area contributed by atoms with Gasteiger partial charge in [-0.25, -0.2) is 9.18 Å². The Morgan fingerprint density at radius 3 is 2.80 bits per heavy atom. The molecular weight excluding hydrogens is 321 g/mol. The summed E-state index contributed by atoms with van der Waals surface area (Å²) in [6.45, 7) is 3.86. The number of benzene rings is 2. The molecule has 0 fully saturated rings. The molecule has 0 saturated heterocycles. The summed E-state index contributed by atoms with van der Waals surface area (Å²) in [5.41, 5.74) is 9.09. The van der Waals surface area contributed by atoms with Gasteiger partial charge >= 0.3 is 5.97 Å². The van der Waals surface area contributed by atoms with Gasteiger partial charge in [-0.15, -0.1) is 0 Å². The molecule has 5 nitrogen and oxygen atoms in total. The number of halogens is 1. The van der Waals surface area contributed by atoms with Gasteiger partial charge in [0.1, 0.15) is 5.82 Å². The fourth-order valence-electron chi connectivity index (χ4n) is 2.67. The maximum Gasteiger partial charge on any atom is 0.340 e. The Morgan fingerprint density at radius 1 is 1.24 bits per heavy atom. The number of fused-ring (bicyclic) bond motifs is 1. The third kappa shape index (κ3) is 3.10. The summed E-state index contributed by atoms with van der Waals surface area (Å²) >= 11 is 0. The van der Waals surface area contributed by atoms with Gasteiger partial charge in [0.05, 0.1) is 40.1 Å². The molecule has 0 bridgehead atoms. The number of ether oxygens (including phenoxy) is 1. The van der Waals surface area contributed by atoms with Crippen molar-refractivity contribution in [3.63, 3.8) is 0 Å². The van der Waals surface area contributed by atoms with Crippen LogP contribution in [-0.4, -0.2) is 17.6 Å². The zero-order valence-corrected chi connectivity index (χ0v) is 14.0. The number of aryl methyl sites for hydroxylation is 1. The molecule has 0 aliphatic heterocycles. The van der Waals surface area contributed by atoms with Crippen molar-refractivity contribution in [3.05, 3.63) is 59.5 Å². The Labute approximate surface area is 144 Å². The maximum atomic E-state index is 14.4. The van der Waals surface area contributed by atoms with Gasteiger partial charge in [-0.2, -0.15) is 0 Å². The van der Waals surface area contributed by atoms with Crippen LogP contribution in [0.5, 0.6) is 0 Å². The molecule has 1 aromatic heterocycles. The van der Waals surface area contributed by atoms with E-state index in [2.05, 4.69) is 10.3 Å². The summed E-state index contributed by atoms with van der Waals surface area (Å²) < 4.78 is 19.4. The molecule has 6 heteroatoms. The van der Waals surface area contributed by atoms with Gasteiger partial charge in [-0.1, -0.05) is 12.1 Å². The second kappa shape index (κ2) is 6.76. The van der Waals surface area contributed by atoms with Crippen LogP contribution in [0, 0.1) is 12.7 Å². The lowest BCUT2D eigenvalue weighted by atomic mass is 10.1. The zero-order chi connectivity index (χ0) is 18.0. The highest BCUT2D eigenvalue weighted by Gasteiger charge is 2.15. The molecule has 0 amide bonds. The number of hydrogen-bond donors (Lipinski definition) is 2. The average molecular weight is 339 g/mol. The summed E-state index contributed by atoms with van der Waals surface area (Å²) in [6, 6.07) is 9.76. The number of anilines is 3. The van der Waals surface area contributed by atoms with E-state index >= 15 is 0 Å². The molecule has 0 aliphatic carbocycles. The van der Waals surface area contributed by atoms with Crippen LogP contribution in [0.15, 0.2) is 42.6 Å². The van der Waals surface area contributed by atoms with Crippen LogP contribution in [-0.2, 0) is 4.74 Å². The van der Waals surface area contributed by atoms with E-state index < -0.39 is 5.97 Å². The van der Waals surface area contributed by atoms with Crippen molar-refractivity contribution < 1.29 is 13.9 Å². The highest BCUT2D eigenvalue weighted by molar-refractivity contribution is 6.01. The third-order valence-electron chi connectivity index (χ3n) is 3.91. The lowest BCUT2D eigenvalue weighted by Gasteiger charge is -2.14. The van der Waals surface area contributed by atoms with Crippen LogP contribution in [0.3, 0.4) is 0 Å². The number of nitrogens with one attached hydrogen (secondary N) is 1. The number of nitrogens with zero attached hydrogens (tertiary/aromatic N) is 1. The molecule has 3 aromatic rings. The molecule has 0 radical (unpaired) electrons. The summed E-state index contributed by atoms with van der Waals surface area (Å²) in [4.78, 5) is 16.2. The SMILES string of the molecule is CCOC(=O)c1cccc(Nc2ccnc3c(C)ccc(F)c23)c1N. The van der Waals surface area contributed by atoms with E-state index in [1.165, 1.54) is 6.07 Å². The van der Waals surface area contributed by atoms with Gasteiger partial charge in [0.25, 0.3) is 0 Å². The van der Waals surface area contributed by atoms with Crippen LogP contribution in [0.25, 0.3) is 10.9 Å². The third-order valence-corrected chi connectivity index (χ3v) is 3.91. The smallest absolute Gasteiger partial charge is 0.340 e. The fraction of sp³-hybridized carbons (Fsp3) is 0.158. The molecule has 3 rings (SSSR count). The van der Waals surface area contributed by atoms with E-state index in [1.54, 1.807) is 43.5 Å². The molecule has 0 saturated carbocycles. The number of carbonyl (C=O) groups is 1. The predicted molar refractivity (Wildman–Crippen MR) is 96.5 cm³/mol. The number of aromatic nitrogens is 1. The summed E-state index contributed by atoms with van der Waals surface area (Å²) in [6.07, 6.45) is 1.60. The van der Waals surface area contributed by atoms with Crippen LogP contribution in [0.1, 0.15) is 22.8 Å². The first kappa shape index (κ1) is 16.7. The van der Waals surface area contributed by atoms with E-state index in [9.17, 15) is 9.18 Å². The Morgan fingerprint density at radius 2 is 2.04 bits per heavy atom. The van der Waals surface area contributed by atoms with Gasteiger partial charge in [0.15, 0.2) is 0 Å². The first-order valence-electron chi connectivity index (χ1n) is 7.89. The quantitative estimate of drug-likeness (QED) is 0.551. The van der Waals surface area contributed by atoms with Gasteiger partial charge in [0.2, 0.25) is 0 Å². The van der Waals surface area contributed by atoms with Crippen molar-refractivity contribution in [2.24, 2.45) is 0 Å². The molecule has 1 heterocycles. The Balaban J connectivity index is 2.07. The standard InChI is InChI=1S/C19H18FN3O2/c1-3-25-19(24)12-5-4-6-15(17(12)21)23-14-9-10-22-18-11(2)7-8-13(20)16(14)18/h4-10H,3,21H2,1-2H3,(H,22,23). The summed E-state index contributed by atoms with van der Waals surface area (Å²) in [5, 5.41) is 3.49. The number of hydrogen-bond acceptors (Lipinski definition) is 5. The minimum atomic E-state index is -0.495. The van der Waals surface area contributed by atoms with E-state index in [0.29, 0.717) is 22.3 Å². The number of para-hydroxylation sites is 1. The second-order valence-corrected chi connectivity index (χ2v) is 5.56. The number of rotatable bonds is 4. The van der Waals surface area contributed by atoms with Crippen molar-refractivity contribution in [2.75, 3.05) is 17.7 Å². The van der Waals surface area contributed by atoms with Gasteiger partial charge in [0, 0.05) is 6.20 Å². The van der Waals surface area contributed by atoms with Gasteiger partial charge in [-0.05, 0) is 43.7 Å². The van der Waals surface area contributed by atoms with Gasteiger partial charge in [-0.3, -0.25) is 4.98 Å². The number of pyridine rings is 1. The summed E-state index contributed by atoms with van der Waals surface area (Å²) in [5.74, 6) is -0.874. The van der Waals surface area contributed by atoms with E-state index in [0.717, 1.165) is 5.56 Å². The normalized spacial score (nSPS) is 10.7. The van der Waals surface area contributed by atoms with Crippen LogP contribution in [0.2, 0.25) is 0 Å². The first-order valence-corrected chi connectivity index (χ1v) is 7.89. The highest BCUT2D eigenvalue weighted by Crippen LogP contribution is 2.32. The Bertz CT molecular complexity index is 957. The van der Waals surface area contributed by atoms with E-state index in [4.69, 9.17) is 10.5 Å². The monoisotopic (exact) mass is 339 g/mol. The highest BCUT2D eigenvalue weighted by atomic mass is 19.1. The molecule has 0 spiro atoms. The number of nitrogen functional groups attached to an aromatic ring is 1. The fourth-order valence-corrected chi connectivity index (χ4v) is 2.67.